The lowest BCUT2D eigenvalue weighted by molar-refractivity contribution is 0.282. The lowest BCUT2D eigenvalue weighted by atomic mass is 10.1. The van der Waals surface area contributed by atoms with Crippen molar-refractivity contribution in [3.8, 4) is 0 Å². The molecule has 4 heteroatoms. The number of benzene rings is 2. The van der Waals surface area contributed by atoms with Crippen LogP contribution in [0.25, 0.3) is 0 Å². The van der Waals surface area contributed by atoms with Gasteiger partial charge >= 0.3 is 0 Å². The molecular formula is C14H13ClINO. The van der Waals surface area contributed by atoms with E-state index in [0.717, 1.165) is 25.4 Å². The molecule has 2 aromatic rings. The molecular weight excluding hydrogens is 361 g/mol. The molecule has 0 aliphatic carbocycles. The van der Waals surface area contributed by atoms with E-state index in [1.54, 1.807) is 0 Å². The van der Waals surface area contributed by atoms with Gasteiger partial charge in [0.25, 0.3) is 0 Å². The van der Waals surface area contributed by atoms with Crippen molar-refractivity contribution < 1.29 is 5.11 Å². The summed E-state index contributed by atoms with van der Waals surface area (Å²) >= 11 is 8.38. The van der Waals surface area contributed by atoms with Crippen molar-refractivity contribution in [1.29, 1.82) is 0 Å². The van der Waals surface area contributed by atoms with Crippen LogP contribution in [-0.4, -0.2) is 5.11 Å². The highest BCUT2D eigenvalue weighted by molar-refractivity contribution is 14.1. The Hall–Kier alpha value is -0.780. The maximum absolute atomic E-state index is 8.96. The molecule has 0 aliphatic heterocycles. The van der Waals surface area contributed by atoms with Crippen molar-refractivity contribution in [1.82, 2.24) is 0 Å². The predicted molar refractivity (Wildman–Crippen MR) is 83.9 cm³/mol. The molecule has 0 atom stereocenters. The van der Waals surface area contributed by atoms with E-state index in [2.05, 4.69) is 27.9 Å². The quantitative estimate of drug-likeness (QED) is 0.793. The van der Waals surface area contributed by atoms with Crippen LogP contribution in [0.5, 0.6) is 0 Å². The predicted octanol–water partition coefficient (Wildman–Crippen LogP) is 4.05. The first kappa shape index (κ1) is 13.6. The van der Waals surface area contributed by atoms with Gasteiger partial charge < -0.3 is 10.4 Å². The van der Waals surface area contributed by atoms with Gasteiger partial charge in [-0.2, -0.15) is 0 Å². The van der Waals surface area contributed by atoms with Gasteiger partial charge in [-0.05, 0) is 51.9 Å². The van der Waals surface area contributed by atoms with Crippen molar-refractivity contribution in [3.05, 3.63) is 62.2 Å². The molecule has 0 saturated heterocycles. The number of rotatable bonds is 4. The summed E-state index contributed by atoms with van der Waals surface area (Å²) in [6.07, 6.45) is 0. The van der Waals surface area contributed by atoms with Crippen molar-refractivity contribution in [2.45, 2.75) is 13.2 Å². The number of aliphatic hydroxyl groups is 1. The maximum atomic E-state index is 8.96. The van der Waals surface area contributed by atoms with Crippen molar-refractivity contribution >= 4 is 39.9 Å². The molecule has 2 N–H and O–H groups in total. The molecule has 2 rings (SSSR count). The van der Waals surface area contributed by atoms with Crippen molar-refractivity contribution in [3.63, 3.8) is 0 Å². The van der Waals surface area contributed by atoms with Crippen LogP contribution in [0.2, 0.25) is 5.02 Å². The zero-order valence-corrected chi connectivity index (χ0v) is 12.6. The molecule has 0 bridgehead atoms. The average molecular weight is 374 g/mol. The summed E-state index contributed by atoms with van der Waals surface area (Å²) in [5.41, 5.74) is 3.01. The second kappa shape index (κ2) is 6.41. The smallest absolute Gasteiger partial charge is 0.0681 e. The fraction of sp³-hybridized carbons (Fsp3) is 0.143. The van der Waals surface area contributed by atoms with Gasteiger partial charge in [0.05, 0.1) is 17.3 Å². The van der Waals surface area contributed by atoms with Crippen LogP contribution in [0.1, 0.15) is 11.1 Å². The molecule has 0 aliphatic rings. The van der Waals surface area contributed by atoms with Gasteiger partial charge in [-0.3, -0.25) is 0 Å². The molecule has 0 aromatic heterocycles. The van der Waals surface area contributed by atoms with Crippen LogP contribution < -0.4 is 5.32 Å². The summed E-state index contributed by atoms with van der Waals surface area (Å²) in [6, 6.07) is 13.8. The fourth-order valence-electron chi connectivity index (χ4n) is 1.59. The minimum absolute atomic E-state index is 0.0800. The highest BCUT2D eigenvalue weighted by Gasteiger charge is 2.00. The first-order chi connectivity index (χ1) is 8.69. The summed E-state index contributed by atoms with van der Waals surface area (Å²) < 4.78 is 1.12. The zero-order valence-electron chi connectivity index (χ0n) is 9.66. The van der Waals surface area contributed by atoms with E-state index in [1.165, 1.54) is 0 Å². The van der Waals surface area contributed by atoms with Gasteiger partial charge in [-0.15, -0.1) is 0 Å². The fourth-order valence-corrected chi connectivity index (χ4v) is 2.52. The molecule has 94 valence electrons. The van der Waals surface area contributed by atoms with Gasteiger partial charge in [0.1, 0.15) is 0 Å². The molecule has 2 nitrogen and oxygen atoms in total. The van der Waals surface area contributed by atoms with Crippen LogP contribution in [0.4, 0.5) is 5.69 Å². The Morgan fingerprint density at radius 3 is 2.33 bits per heavy atom. The minimum atomic E-state index is 0.0800. The number of aliphatic hydroxyl groups excluding tert-OH is 1. The van der Waals surface area contributed by atoms with Gasteiger partial charge in [0.2, 0.25) is 0 Å². The van der Waals surface area contributed by atoms with E-state index >= 15 is 0 Å². The normalized spacial score (nSPS) is 10.4. The van der Waals surface area contributed by atoms with Crippen LogP contribution in [0.15, 0.2) is 42.5 Å². The van der Waals surface area contributed by atoms with E-state index in [9.17, 15) is 0 Å². The molecule has 0 fully saturated rings. The summed E-state index contributed by atoms with van der Waals surface area (Å²) in [4.78, 5) is 0. The van der Waals surface area contributed by atoms with Crippen LogP contribution >= 0.6 is 34.2 Å². The Balaban J connectivity index is 2.02. The van der Waals surface area contributed by atoms with Gasteiger partial charge in [0.15, 0.2) is 0 Å². The third-order valence-electron chi connectivity index (χ3n) is 2.62. The third kappa shape index (κ3) is 3.60. The lowest BCUT2D eigenvalue weighted by Gasteiger charge is -2.09. The van der Waals surface area contributed by atoms with Crippen LogP contribution in [0, 0.1) is 3.57 Å². The van der Waals surface area contributed by atoms with Crippen molar-refractivity contribution in [2.24, 2.45) is 0 Å². The van der Waals surface area contributed by atoms with E-state index < -0.39 is 0 Å². The summed E-state index contributed by atoms with van der Waals surface area (Å²) in [7, 11) is 0. The van der Waals surface area contributed by atoms with Crippen molar-refractivity contribution in [2.75, 3.05) is 5.32 Å². The van der Waals surface area contributed by atoms with E-state index in [0.29, 0.717) is 6.54 Å². The Morgan fingerprint density at radius 2 is 1.72 bits per heavy atom. The Morgan fingerprint density at radius 1 is 1.06 bits per heavy atom. The summed E-state index contributed by atoms with van der Waals surface area (Å²) in [5.74, 6) is 0. The van der Waals surface area contributed by atoms with Crippen LogP contribution in [0.3, 0.4) is 0 Å². The molecule has 0 unspecified atom stereocenters. The molecule has 0 saturated carbocycles. The monoisotopic (exact) mass is 373 g/mol. The van der Waals surface area contributed by atoms with E-state index in [-0.39, 0.29) is 6.61 Å². The Labute approximate surface area is 125 Å². The van der Waals surface area contributed by atoms with E-state index in [4.69, 9.17) is 16.7 Å². The summed E-state index contributed by atoms with van der Waals surface area (Å²) in [6.45, 7) is 0.794. The second-order valence-corrected chi connectivity index (χ2v) is 5.61. The average Bonchev–Trinajstić information content (AvgIpc) is 2.38. The lowest BCUT2D eigenvalue weighted by Crippen LogP contribution is -2.00. The number of hydrogen-bond donors (Lipinski definition) is 2. The highest BCUT2D eigenvalue weighted by atomic mass is 127. The topological polar surface area (TPSA) is 32.3 Å². The molecule has 18 heavy (non-hydrogen) atoms. The van der Waals surface area contributed by atoms with E-state index in [1.807, 2.05) is 42.5 Å². The molecule has 2 aromatic carbocycles. The number of anilines is 1. The molecule has 0 radical (unpaired) electrons. The number of hydrogen-bond acceptors (Lipinski definition) is 2. The molecule has 0 heterocycles. The first-order valence-electron chi connectivity index (χ1n) is 5.56. The highest BCUT2D eigenvalue weighted by Crippen LogP contribution is 2.24. The SMILES string of the molecule is OCc1ccc(CNc2ccc(I)cc2Cl)cc1. The largest absolute Gasteiger partial charge is 0.392 e. The van der Waals surface area contributed by atoms with Gasteiger partial charge in [-0.25, -0.2) is 0 Å². The standard InChI is InChI=1S/C14H13ClINO/c15-13-7-12(16)5-6-14(13)17-8-10-1-3-11(9-18)4-2-10/h1-7,17-18H,8-9H2. The maximum Gasteiger partial charge on any atom is 0.0681 e. The third-order valence-corrected chi connectivity index (χ3v) is 3.60. The number of halogens is 2. The first-order valence-corrected chi connectivity index (χ1v) is 7.02. The zero-order chi connectivity index (χ0) is 13.0. The van der Waals surface area contributed by atoms with Gasteiger partial charge in [0, 0.05) is 10.1 Å². The molecule has 0 amide bonds. The molecule has 0 spiro atoms. The Kier molecular flexibility index (Phi) is 4.86. The summed E-state index contributed by atoms with van der Waals surface area (Å²) in [5, 5.41) is 13.0. The van der Waals surface area contributed by atoms with Crippen LogP contribution in [-0.2, 0) is 13.2 Å². The second-order valence-electron chi connectivity index (χ2n) is 3.95. The number of nitrogens with one attached hydrogen (secondary N) is 1. The van der Waals surface area contributed by atoms with Gasteiger partial charge in [-0.1, -0.05) is 35.9 Å². The minimum Gasteiger partial charge on any atom is -0.392 e. The Bertz CT molecular complexity index is 528.